The predicted molar refractivity (Wildman–Crippen MR) is 73.1 cm³/mol. The van der Waals surface area contributed by atoms with Crippen molar-refractivity contribution < 1.29 is 4.74 Å². The van der Waals surface area contributed by atoms with Crippen LogP contribution in [0, 0.1) is 5.92 Å². The van der Waals surface area contributed by atoms with Crippen LogP contribution in [0.2, 0.25) is 0 Å². The second-order valence-electron chi connectivity index (χ2n) is 6.12. The zero-order chi connectivity index (χ0) is 12.6. The molecule has 0 bridgehead atoms. The first kappa shape index (κ1) is 12.3. The Morgan fingerprint density at radius 2 is 2.06 bits per heavy atom. The normalized spacial score (nSPS) is 17.4. The van der Waals surface area contributed by atoms with Crippen LogP contribution in [0.25, 0.3) is 0 Å². The fourth-order valence-electron chi connectivity index (χ4n) is 2.51. The molecule has 0 unspecified atom stereocenters. The molecule has 1 heterocycles. The molecule has 94 valence electrons. The third kappa shape index (κ3) is 2.41. The Kier molecular flexibility index (Phi) is 3.07. The van der Waals surface area contributed by atoms with Crippen LogP contribution >= 0.6 is 0 Å². The van der Waals surface area contributed by atoms with Gasteiger partial charge in [-0.25, -0.2) is 0 Å². The lowest BCUT2D eigenvalue weighted by Crippen LogP contribution is -2.24. The maximum atomic E-state index is 5.80. The van der Waals surface area contributed by atoms with Gasteiger partial charge in [-0.2, -0.15) is 0 Å². The Morgan fingerprint density at radius 1 is 1.35 bits per heavy atom. The Balaban J connectivity index is 2.25. The number of benzene rings is 1. The average molecular weight is 233 g/mol. The topological polar surface area (TPSA) is 12.5 Å². The molecule has 0 spiro atoms. The van der Waals surface area contributed by atoms with Crippen molar-refractivity contribution in [2.75, 3.05) is 25.1 Å². The van der Waals surface area contributed by atoms with Gasteiger partial charge in [0.25, 0.3) is 0 Å². The van der Waals surface area contributed by atoms with Crippen LogP contribution in [0.3, 0.4) is 0 Å². The lowest BCUT2D eigenvalue weighted by Gasteiger charge is -2.19. The van der Waals surface area contributed by atoms with Crippen molar-refractivity contribution in [3.63, 3.8) is 0 Å². The molecule has 0 aromatic heterocycles. The van der Waals surface area contributed by atoms with E-state index < -0.39 is 0 Å². The van der Waals surface area contributed by atoms with Gasteiger partial charge >= 0.3 is 0 Å². The van der Waals surface area contributed by atoms with Gasteiger partial charge in [-0.3, -0.25) is 0 Å². The van der Waals surface area contributed by atoms with Gasteiger partial charge in [0, 0.05) is 24.7 Å². The molecule has 2 nitrogen and oxygen atoms in total. The summed E-state index contributed by atoms with van der Waals surface area (Å²) in [6.07, 6.45) is 0. The van der Waals surface area contributed by atoms with Crippen molar-refractivity contribution in [3.8, 4) is 5.75 Å². The molecule has 1 aromatic carbocycles. The molecular weight excluding hydrogens is 210 g/mol. The minimum Gasteiger partial charge on any atom is -0.493 e. The zero-order valence-corrected chi connectivity index (χ0v) is 11.6. The minimum atomic E-state index is 0.223. The summed E-state index contributed by atoms with van der Waals surface area (Å²) < 4.78 is 5.80. The smallest absolute Gasteiger partial charge is 0.119 e. The third-order valence-electron chi connectivity index (χ3n) is 3.32. The standard InChI is InChI=1S/C15H23NO/c1-11(2)9-17-12-6-7-14-13(8-12)15(3,4)10-16(14)5/h6-8,11H,9-10H2,1-5H3. The van der Waals surface area contributed by atoms with Gasteiger partial charge in [-0.15, -0.1) is 0 Å². The van der Waals surface area contributed by atoms with Crippen molar-refractivity contribution in [2.24, 2.45) is 5.92 Å². The lowest BCUT2D eigenvalue weighted by molar-refractivity contribution is 0.270. The molecule has 0 radical (unpaired) electrons. The fourth-order valence-corrected chi connectivity index (χ4v) is 2.51. The highest BCUT2D eigenvalue weighted by Crippen LogP contribution is 2.41. The molecule has 1 aromatic rings. The van der Waals surface area contributed by atoms with Crippen molar-refractivity contribution in [2.45, 2.75) is 33.1 Å². The quantitative estimate of drug-likeness (QED) is 0.793. The van der Waals surface area contributed by atoms with E-state index in [0.29, 0.717) is 5.92 Å². The number of anilines is 1. The van der Waals surface area contributed by atoms with Crippen molar-refractivity contribution in [1.82, 2.24) is 0 Å². The van der Waals surface area contributed by atoms with Crippen LogP contribution in [0.15, 0.2) is 18.2 Å². The van der Waals surface area contributed by atoms with Gasteiger partial charge in [0.05, 0.1) is 6.61 Å². The second kappa shape index (κ2) is 4.25. The van der Waals surface area contributed by atoms with E-state index in [1.165, 1.54) is 11.3 Å². The SMILES string of the molecule is CC(C)COc1ccc2c(c1)C(C)(C)CN2C. The van der Waals surface area contributed by atoms with Crippen molar-refractivity contribution in [1.29, 1.82) is 0 Å². The number of likely N-dealkylation sites (N-methyl/N-ethyl adjacent to an activating group) is 1. The van der Waals surface area contributed by atoms with E-state index in [9.17, 15) is 0 Å². The first-order valence-electron chi connectivity index (χ1n) is 6.38. The molecule has 0 N–H and O–H groups in total. The van der Waals surface area contributed by atoms with Crippen LogP contribution in [0.4, 0.5) is 5.69 Å². The average Bonchev–Trinajstić information content (AvgIpc) is 2.47. The molecule has 2 rings (SSSR count). The molecule has 0 saturated carbocycles. The van der Waals surface area contributed by atoms with Gasteiger partial charge in [0.15, 0.2) is 0 Å². The van der Waals surface area contributed by atoms with E-state index in [0.717, 1.165) is 18.9 Å². The zero-order valence-electron chi connectivity index (χ0n) is 11.6. The summed E-state index contributed by atoms with van der Waals surface area (Å²) in [5, 5.41) is 0. The van der Waals surface area contributed by atoms with Gasteiger partial charge in [-0.05, 0) is 29.7 Å². The monoisotopic (exact) mass is 233 g/mol. The van der Waals surface area contributed by atoms with E-state index in [-0.39, 0.29) is 5.41 Å². The van der Waals surface area contributed by atoms with Gasteiger partial charge < -0.3 is 9.64 Å². The molecule has 0 atom stereocenters. The Bertz CT molecular complexity index is 409. The molecule has 2 heteroatoms. The van der Waals surface area contributed by atoms with Crippen LogP contribution in [-0.4, -0.2) is 20.2 Å². The van der Waals surface area contributed by atoms with Crippen molar-refractivity contribution >= 4 is 5.69 Å². The number of ether oxygens (including phenoxy) is 1. The summed E-state index contributed by atoms with van der Waals surface area (Å²) >= 11 is 0. The summed E-state index contributed by atoms with van der Waals surface area (Å²) in [4.78, 5) is 2.32. The van der Waals surface area contributed by atoms with E-state index >= 15 is 0 Å². The van der Waals surface area contributed by atoms with Crippen LogP contribution in [-0.2, 0) is 5.41 Å². The first-order chi connectivity index (χ1) is 7.90. The summed E-state index contributed by atoms with van der Waals surface area (Å²) in [6.45, 7) is 10.8. The summed E-state index contributed by atoms with van der Waals surface area (Å²) in [5.74, 6) is 1.57. The summed E-state index contributed by atoms with van der Waals surface area (Å²) in [7, 11) is 2.15. The fraction of sp³-hybridized carbons (Fsp3) is 0.600. The maximum Gasteiger partial charge on any atom is 0.119 e. The van der Waals surface area contributed by atoms with Crippen molar-refractivity contribution in [3.05, 3.63) is 23.8 Å². The number of fused-ring (bicyclic) bond motifs is 1. The lowest BCUT2D eigenvalue weighted by atomic mass is 9.87. The highest BCUT2D eigenvalue weighted by Gasteiger charge is 2.33. The van der Waals surface area contributed by atoms with E-state index in [1.807, 2.05) is 0 Å². The molecule has 0 aliphatic carbocycles. The molecular formula is C15H23NO. The Hall–Kier alpha value is -1.18. The first-order valence-corrected chi connectivity index (χ1v) is 6.38. The maximum absolute atomic E-state index is 5.80. The number of hydrogen-bond donors (Lipinski definition) is 0. The molecule has 17 heavy (non-hydrogen) atoms. The third-order valence-corrected chi connectivity index (χ3v) is 3.32. The summed E-state index contributed by atoms with van der Waals surface area (Å²) in [5.41, 5.74) is 2.97. The molecule has 0 fully saturated rings. The molecule has 0 saturated heterocycles. The number of nitrogens with zero attached hydrogens (tertiary/aromatic N) is 1. The second-order valence-corrected chi connectivity index (χ2v) is 6.12. The number of hydrogen-bond acceptors (Lipinski definition) is 2. The number of rotatable bonds is 3. The van der Waals surface area contributed by atoms with Gasteiger partial charge in [0.2, 0.25) is 0 Å². The van der Waals surface area contributed by atoms with E-state index in [1.54, 1.807) is 0 Å². The highest BCUT2D eigenvalue weighted by molar-refractivity contribution is 5.63. The molecule has 1 aliphatic rings. The highest BCUT2D eigenvalue weighted by atomic mass is 16.5. The molecule has 0 amide bonds. The minimum absolute atomic E-state index is 0.223. The van der Waals surface area contributed by atoms with Gasteiger partial charge in [0.1, 0.15) is 5.75 Å². The van der Waals surface area contributed by atoms with Gasteiger partial charge in [-0.1, -0.05) is 27.7 Å². The van der Waals surface area contributed by atoms with Crippen LogP contribution < -0.4 is 9.64 Å². The summed E-state index contributed by atoms with van der Waals surface area (Å²) in [6, 6.07) is 6.47. The Labute approximate surface area is 105 Å². The molecule has 1 aliphatic heterocycles. The van der Waals surface area contributed by atoms with E-state index in [2.05, 4.69) is 57.8 Å². The Morgan fingerprint density at radius 3 is 2.71 bits per heavy atom. The van der Waals surface area contributed by atoms with E-state index in [4.69, 9.17) is 4.74 Å². The van der Waals surface area contributed by atoms with Crippen LogP contribution in [0.5, 0.6) is 5.75 Å². The largest absolute Gasteiger partial charge is 0.493 e. The van der Waals surface area contributed by atoms with Crippen LogP contribution in [0.1, 0.15) is 33.3 Å². The predicted octanol–water partition coefficient (Wildman–Crippen LogP) is 3.45.